The number of aryl methyl sites for hydroxylation is 1. The number of alkyl halides is 3. The van der Waals surface area contributed by atoms with Crippen molar-refractivity contribution in [3.8, 4) is 17.3 Å². The summed E-state index contributed by atoms with van der Waals surface area (Å²) in [5.74, 6) is 0.476. The van der Waals surface area contributed by atoms with Crippen LogP contribution in [0.15, 0.2) is 53.4 Å². The molecule has 0 radical (unpaired) electrons. The van der Waals surface area contributed by atoms with Crippen molar-refractivity contribution in [3.05, 3.63) is 71.3 Å². The number of rotatable bonds is 6. The Morgan fingerprint density at radius 1 is 1.12 bits per heavy atom. The maximum atomic E-state index is 15.0. The molecule has 1 fully saturated rings. The number of aliphatic imine (C=N–C) groups is 1. The van der Waals surface area contributed by atoms with Crippen LogP contribution in [0.5, 0.6) is 5.88 Å². The number of imidazole rings is 1. The maximum absolute atomic E-state index is 15.0. The van der Waals surface area contributed by atoms with Gasteiger partial charge >= 0.3 is 6.18 Å². The highest BCUT2D eigenvalue weighted by Crippen LogP contribution is 2.40. The van der Waals surface area contributed by atoms with Gasteiger partial charge in [0.25, 0.3) is 0 Å². The zero-order chi connectivity index (χ0) is 28.0. The van der Waals surface area contributed by atoms with Crippen LogP contribution in [-0.2, 0) is 24.6 Å². The first-order valence-electron chi connectivity index (χ1n) is 12.4. The summed E-state index contributed by atoms with van der Waals surface area (Å²) in [5.41, 5.74) is 1.32. The van der Waals surface area contributed by atoms with Crippen molar-refractivity contribution in [2.45, 2.75) is 25.6 Å². The standard InChI is InChI=1S/C27H23F4N7O2/c1-38-11-19(27(29,30)31)35-24(38)16-8-5-14(10-18(16)28)12-40-25-17-4-3-9-32-22(17)36-23(37-25)20-21(15-6-7-15)33-13-34-26(20)39-2/h3-5,8-11,15,33H,6-7,12-13H2,1-2H3. The number of fused-ring (bicyclic) bond motifs is 1. The molecule has 0 amide bonds. The lowest BCUT2D eigenvalue weighted by Gasteiger charge is -2.21. The molecule has 1 aliphatic heterocycles. The van der Waals surface area contributed by atoms with E-state index in [0.29, 0.717) is 46.5 Å². The van der Waals surface area contributed by atoms with Gasteiger partial charge in [-0.1, -0.05) is 6.07 Å². The first-order chi connectivity index (χ1) is 19.2. The molecule has 4 aromatic rings. The zero-order valence-corrected chi connectivity index (χ0v) is 21.5. The quantitative estimate of drug-likeness (QED) is 0.340. The maximum Gasteiger partial charge on any atom is 0.434 e. The van der Waals surface area contributed by atoms with Gasteiger partial charge < -0.3 is 19.4 Å². The number of hydrogen-bond donors (Lipinski definition) is 1. The predicted molar refractivity (Wildman–Crippen MR) is 137 cm³/mol. The van der Waals surface area contributed by atoms with E-state index in [4.69, 9.17) is 9.47 Å². The molecule has 0 saturated heterocycles. The topological polar surface area (TPSA) is 99.3 Å². The Morgan fingerprint density at radius 2 is 1.95 bits per heavy atom. The van der Waals surface area contributed by atoms with Gasteiger partial charge in [0.2, 0.25) is 11.8 Å². The van der Waals surface area contributed by atoms with Crippen molar-refractivity contribution >= 4 is 22.5 Å². The molecule has 1 aliphatic carbocycles. The second-order valence-electron chi connectivity index (χ2n) is 9.45. The summed E-state index contributed by atoms with van der Waals surface area (Å²) in [5, 5.41) is 3.88. The van der Waals surface area contributed by atoms with Gasteiger partial charge in [0.15, 0.2) is 17.2 Å². The van der Waals surface area contributed by atoms with E-state index in [1.807, 2.05) is 0 Å². The Hall–Kier alpha value is -4.55. The number of ether oxygens (including phenoxy) is 2. The van der Waals surface area contributed by atoms with Crippen LogP contribution in [0.4, 0.5) is 17.6 Å². The average Bonchev–Trinajstić information content (AvgIpc) is 3.71. The molecule has 1 aromatic carbocycles. The van der Waals surface area contributed by atoms with Crippen molar-refractivity contribution in [2.24, 2.45) is 18.0 Å². The van der Waals surface area contributed by atoms with E-state index < -0.39 is 17.7 Å². The van der Waals surface area contributed by atoms with Crippen molar-refractivity contribution in [2.75, 3.05) is 13.8 Å². The van der Waals surface area contributed by atoms with Gasteiger partial charge in [-0.3, -0.25) is 0 Å². The van der Waals surface area contributed by atoms with Crippen LogP contribution in [0.3, 0.4) is 0 Å². The monoisotopic (exact) mass is 553 g/mol. The van der Waals surface area contributed by atoms with Crippen LogP contribution in [0.25, 0.3) is 28.0 Å². The van der Waals surface area contributed by atoms with Gasteiger partial charge in [0, 0.05) is 25.1 Å². The molecular weight excluding hydrogens is 530 g/mol. The van der Waals surface area contributed by atoms with Crippen molar-refractivity contribution in [3.63, 3.8) is 0 Å². The van der Waals surface area contributed by atoms with Crippen LogP contribution in [0.2, 0.25) is 0 Å². The average molecular weight is 554 g/mol. The van der Waals surface area contributed by atoms with Gasteiger partial charge in [0.05, 0.1) is 18.1 Å². The minimum Gasteiger partial charge on any atom is -0.481 e. The van der Waals surface area contributed by atoms with E-state index in [0.717, 1.165) is 29.3 Å². The van der Waals surface area contributed by atoms with E-state index >= 15 is 4.39 Å². The predicted octanol–water partition coefficient (Wildman–Crippen LogP) is 4.89. The number of methoxy groups -OCH3 is 1. The third kappa shape index (κ3) is 4.82. The molecule has 1 N–H and O–H groups in total. The normalized spacial score (nSPS) is 15.7. The minimum atomic E-state index is -4.63. The van der Waals surface area contributed by atoms with Gasteiger partial charge in [-0.2, -0.15) is 18.2 Å². The van der Waals surface area contributed by atoms with Crippen molar-refractivity contribution < 1.29 is 27.0 Å². The smallest absolute Gasteiger partial charge is 0.434 e. The second kappa shape index (κ2) is 9.88. The van der Waals surface area contributed by atoms with Gasteiger partial charge in [0.1, 0.15) is 30.5 Å². The molecule has 9 nitrogen and oxygen atoms in total. The molecule has 6 rings (SSSR count). The number of nitrogens with one attached hydrogen (secondary N) is 1. The third-order valence-corrected chi connectivity index (χ3v) is 6.63. The van der Waals surface area contributed by atoms with Crippen LogP contribution >= 0.6 is 0 Å². The Morgan fingerprint density at radius 3 is 2.65 bits per heavy atom. The van der Waals surface area contributed by atoms with Crippen LogP contribution in [0, 0.1) is 11.7 Å². The summed E-state index contributed by atoms with van der Waals surface area (Å²) in [6.07, 6.45) is -0.124. The number of pyridine rings is 1. The molecule has 1 saturated carbocycles. The highest BCUT2D eigenvalue weighted by molar-refractivity contribution is 6.20. The Kier molecular flexibility index (Phi) is 6.35. The number of allylic oxidation sites excluding steroid dienone is 1. The summed E-state index contributed by atoms with van der Waals surface area (Å²) in [4.78, 5) is 21.7. The molecule has 206 valence electrons. The summed E-state index contributed by atoms with van der Waals surface area (Å²) < 4.78 is 67.0. The Balaban J connectivity index is 1.32. The molecule has 4 heterocycles. The first kappa shape index (κ1) is 25.7. The van der Waals surface area contributed by atoms with Crippen LogP contribution < -0.4 is 10.1 Å². The molecule has 0 bridgehead atoms. The lowest BCUT2D eigenvalue weighted by atomic mass is 10.1. The van der Waals surface area contributed by atoms with E-state index in [2.05, 4.69) is 30.2 Å². The summed E-state index contributed by atoms with van der Waals surface area (Å²) in [6.45, 7) is 0.328. The molecule has 3 aromatic heterocycles. The van der Waals surface area contributed by atoms with E-state index in [1.54, 1.807) is 31.5 Å². The zero-order valence-electron chi connectivity index (χ0n) is 21.5. The fourth-order valence-corrected chi connectivity index (χ4v) is 4.57. The summed E-state index contributed by atoms with van der Waals surface area (Å²) >= 11 is 0. The van der Waals surface area contributed by atoms with E-state index in [-0.39, 0.29) is 23.9 Å². The minimum absolute atomic E-state index is 0.0588. The fourth-order valence-electron chi connectivity index (χ4n) is 4.57. The molecule has 40 heavy (non-hydrogen) atoms. The number of benzene rings is 1. The van der Waals surface area contributed by atoms with E-state index in [9.17, 15) is 13.2 Å². The Bertz CT molecular complexity index is 1680. The largest absolute Gasteiger partial charge is 0.481 e. The van der Waals surface area contributed by atoms with Gasteiger partial charge in [-0.25, -0.2) is 24.3 Å². The summed E-state index contributed by atoms with van der Waals surface area (Å²) in [7, 11) is 2.92. The van der Waals surface area contributed by atoms with E-state index in [1.165, 1.54) is 19.2 Å². The van der Waals surface area contributed by atoms with Crippen molar-refractivity contribution in [1.82, 2.24) is 29.8 Å². The molecule has 2 aliphatic rings. The SMILES string of the molecule is COC1=NCNC(C2CC2)=C1c1nc(OCc2ccc(-c3nc(C(F)(F)F)cn3C)c(F)c2)c2cccnc2n1. The summed E-state index contributed by atoms with van der Waals surface area (Å²) in [6, 6.07) is 7.65. The molecule has 0 unspecified atom stereocenters. The molecule has 13 heteroatoms. The lowest BCUT2D eigenvalue weighted by Crippen LogP contribution is -2.27. The molecular formula is C27H23F4N7O2. The van der Waals surface area contributed by atoms with Gasteiger partial charge in [-0.15, -0.1) is 0 Å². The number of aromatic nitrogens is 5. The molecule has 0 spiro atoms. The number of halogens is 4. The highest BCUT2D eigenvalue weighted by atomic mass is 19.4. The van der Waals surface area contributed by atoms with Gasteiger partial charge in [-0.05, 0) is 48.6 Å². The molecule has 0 atom stereocenters. The first-order valence-corrected chi connectivity index (χ1v) is 12.4. The van der Waals surface area contributed by atoms with Crippen molar-refractivity contribution in [1.29, 1.82) is 0 Å². The Labute approximate surface area is 225 Å². The lowest BCUT2D eigenvalue weighted by molar-refractivity contribution is -0.140. The number of nitrogens with zero attached hydrogens (tertiary/aromatic N) is 6. The van der Waals surface area contributed by atoms with Crippen LogP contribution in [-0.4, -0.2) is 44.2 Å². The number of hydrogen-bond acceptors (Lipinski definition) is 8. The fraction of sp³-hybridized carbons (Fsp3) is 0.296. The third-order valence-electron chi connectivity index (χ3n) is 6.63. The highest BCUT2D eigenvalue weighted by Gasteiger charge is 2.35. The van der Waals surface area contributed by atoms with Crippen LogP contribution in [0.1, 0.15) is 29.9 Å². The second-order valence-corrected chi connectivity index (χ2v) is 9.45.